The molecule has 1 amide bonds. The van der Waals surface area contributed by atoms with Crippen molar-refractivity contribution >= 4 is 11.4 Å². The van der Waals surface area contributed by atoms with E-state index in [1.54, 1.807) is 24.7 Å². The summed E-state index contributed by atoms with van der Waals surface area (Å²) in [4.78, 5) is 29.4. The first-order chi connectivity index (χ1) is 14.7. The summed E-state index contributed by atoms with van der Waals surface area (Å²) in [5, 5.41) is 7.53. The van der Waals surface area contributed by atoms with Crippen LogP contribution in [0.2, 0.25) is 0 Å². The highest BCUT2D eigenvalue weighted by molar-refractivity contribution is 5.95. The molecule has 0 spiro atoms. The van der Waals surface area contributed by atoms with E-state index < -0.39 is 0 Å². The highest BCUT2D eigenvalue weighted by atomic mass is 16.5. The Morgan fingerprint density at radius 1 is 1.10 bits per heavy atom. The molecule has 5 rings (SSSR count). The van der Waals surface area contributed by atoms with Crippen molar-refractivity contribution in [2.45, 2.75) is 12.1 Å². The molecule has 2 unspecified atom stereocenters. The summed E-state index contributed by atoms with van der Waals surface area (Å²) in [6.45, 7) is 0.618. The number of aromatic nitrogens is 4. The highest BCUT2D eigenvalue weighted by Gasteiger charge is 2.33. The van der Waals surface area contributed by atoms with Crippen LogP contribution in [-0.2, 0) is 4.74 Å². The molecule has 2 atom stereocenters. The van der Waals surface area contributed by atoms with E-state index in [1.807, 2.05) is 47.0 Å². The monoisotopic (exact) mass is 401 g/mol. The third kappa shape index (κ3) is 3.37. The molecule has 1 aliphatic rings. The van der Waals surface area contributed by atoms with Gasteiger partial charge in [0.15, 0.2) is 0 Å². The fourth-order valence-electron chi connectivity index (χ4n) is 3.69. The maximum atomic E-state index is 12.8. The van der Waals surface area contributed by atoms with Crippen LogP contribution in [0.25, 0.3) is 16.8 Å². The molecule has 0 radical (unpaired) electrons. The Labute approximate surface area is 171 Å². The number of carbonyl (C=O) groups excluding carboxylic acids is 1. The van der Waals surface area contributed by atoms with Gasteiger partial charge in [0, 0.05) is 41.9 Å². The zero-order valence-corrected chi connectivity index (χ0v) is 16.0. The van der Waals surface area contributed by atoms with Gasteiger partial charge in [0.05, 0.1) is 30.5 Å². The van der Waals surface area contributed by atoms with Crippen molar-refractivity contribution < 1.29 is 9.53 Å². The number of amides is 1. The number of nitrogens with one attached hydrogen (secondary N) is 1. The molecule has 0 bridgehead atoms. The van der Waals surface area contributed by atoms with Gasteiger partial charge < -0.3 is 14.5 Å². The van der Waals surface area contributed by atoms with Crippen LogP contribution in [-0.4, -0.2) is 44.3 Å². The van der Waals surface area contributed by atoms with E-state index in [2.05, 4.69) is 15.4 Å². The highest BCUT2D eigenvalue weighted by Crippen LogP contribution is 2.21. The number of hydrogen-bond donors (Lipinski definition) is 1. The molecular formula is C22H19N5O3. The van der Waals surface area contributed by atoms with Gasteiger partial charge in [-0.15, -0.1) is 0 Å². The molecule has 30 heavy (non-hydrogen) atoms. The normalized spacial score (nSPS) is 18.5. The van der Waals surface area contributed by atoms with E-state index in [-0.39, 0.29) is 23.6 Å². The van der Waals surface area contributed by atoms with E-state index in [0.29, 0.717) is 24.5 Å². The minimum atomic E-state index is -0.389. The molecule has 4 aromatic rings. The number of rotatable bonds is 4. The smallest absolute Gasteiger partial charge is 0.267 e. The molecule has 1 aliphatic heterocycles. The van der Waals surface area contributed by atoms with Gasteiger partial charge in [0.25, 0.3) is 11.5 Å². The molecule has 0 aliphatic carbocycles. The van der Waals surface area contributed by atoms with Crippen molar-refractivity contribution in [1.29, 1.82) is 0 Å². The minimum Gasteiger partial charge on any atom is -0.377 e. The largest absolute Gasteiger partial charge is 0.377 e. The van der Waals surface area contributed by atoms with Gasteiger partial charge in [-0.1, -0.05) is 6.07 Å². The standard InChI is InChI=1S/C22H19N5O3/c28-21-5-4-18(15-6-8-23-9-7-15)25-27(21)20-14-30-13-19(20)24-22(29)16-11-17-3-1-2-10-26(17)12-16/h1-12,19-20H,13-14H2,(H,24,29). The van der Waals surface area contributed by atoms with Gasteiger partial charge in [-0.2, -0.15) is 5.10 Å². The predicted molar refractivity (Wildman–Crippen MR) is 110 cm³/mol. The van der Waals surface area contributed by atoms with Crippen molar-refractivity contribution in [3.63, 3.8) is 0 Å². The van der Waals surface area contributed by atoms with Gasteiger partial charge in [-0.3, -0.25) is 14.6 Å². The lowest BCUT2D eigenvalue weighted by Crippen LogP contribution is -2.44. The van der Waals surface area contributed by atoms with Crippen molar-refractivity contribution in [1.82, 2.24) is 24.5 Å². The average molecular weight is 401 g/mol. The van der Waals surface area contributed by atoms with Crippen LogP contribution < -0.4 is 10.9 Å². The summed E-state index contributed by atoms with van der Waals surface area (Å²) in [6.07, 6.45) is 7.03. The number of hydrogen-bond acceptors (Lipinski definition) is 5. The predicted octanol–water partition coefficient (Wildman–Crippen LogP) is 1.93. The Morgan fingerprint density at radius 2 is 1.97 bits per heavy atom. The minimum absolute atomic E-state index is 0.211. The molecule has 1 N–H and O–H groups in total. The third-order valence-corrected chi connectivity index (χ3v) is 5.25. The number of pyridine rings is 2. The first-order valence-electron chi connectivity index (χ1n) is 9.65. The quantitative estimate of drug-likeness (QED) is 0.564. The lowest BCUT2D eigenvalue weighted by Gasteiger charge is -2.20. The topological polar surface area (TPSA) is 90.5 Å². The Hall–Kier alpha value is -3.78. The summed E-state index contributed by atoms with van der Waals surface area (Å²) in [5.41, 5.74) is 2.77. The van der Waals surface area contributed by atoms with Gasteiger partial charge in [-0.25, -0.2) is 4.68 Å². The molecule has 8 heteroatoms. The van der Waals surface area contributed by atoms with Crippen molar-refractivity contribution in [2.75, 3.05) is 13.2 Å². The van der Waals surface area contributed by atoms with Gasteiger partial charge >= 0.3 is 0 Å². The molecular weight excluding hydrogens is 382 g/mol. The average Bonchev–Trinajstić information content (AvgIpc) is 3.41. The second-order valence-electron chi connectivity index (χ2n) is 7.18. The van der Waals surface area contributed by atoms with Crippen LogP contribution in [0.15, 0.2) is 78.1 Å². The summed E-state index contributed by atoms with van der Waals surface area (Å²) >= 11 is 0. The van der Waals surface area contributed by atoms with Crippen molar-refractivity contribution in [3.8, 4) is 11.3 Å². The maximum Gasteiger partial charge on any atom is 0.267 e. The van der Waals surface area contributed by atoms with E-state index in [1.165, 1.54) is 10.7 Å². The summed E-state index contributed by atoms with van der Waals surface area (Å²) < 4.78 is 8.89. The number of ether oxygens (including phenoxy) is 1. The van der Waals surface area contributed by atoms with Crippen LogP contribution in [0, 0.1) is 0 Å². The summed E-state index contributed by atoms with van der Waals surface area (Å²) in [6, 6.07) is 13.7. The third-order valence-electron chi connectivity index (χ3n) is 5.25. The molecule has 0 aromatic carbocycles. The first kappa shape index (κ1) is 18.3. The molecule has 1 saturated heterocycles. The lowest BCUT2D eigenvalue weighted by atomic mass is 10.1. The summed E-state index contributed by atoms with van der Waals surface area (Å²) in [7, 11) is 0. The van der Waals surface area contributed by atoms with Crippen LogP contribution in [0.1, 0.15) is 16.4 Å². The fourth-order valence-corrected chi connectivity index (χ4v) is 3.69. The first-order valence-corrected chi connectivity index (χ1v) is 9.65. The summed E-state index contributed by atoms with van der Waals surface area (Å²) in [5.74, 6) is -0.211. The van der Waals surface area contributed by atoms with E-state index >= 15 is 0 Å². The Morgan fingerprint density at radius 3 is 2.80 bits per heavy atom. The molecule has 1 fully saturated rings. The lowest BCUT2D eigenvalue weighted by molar-refractivity contribution is 0.0925. The number of fused-ring (bicyclic) bond motifs is 1. The zero-order chi connectivity index (χ0) is 20.5. The van der Waals surface area contributed by atoms with Gasteiger partial charge in [0.2, 0.25) is 0 Å². The van der Waals surface area contributed by atoms with Crippen LogP contribution in [0.3, 0.4) is 0 Å². The van der Waals surface area contributed by atoms with Crippen LogP contribution in [0.5, 0.6) is 0 Å². The zero-order valence-electron chi connectivity index (χ0n) is 16.0. The van der Waals surface area contributed by atoms with Crippen molar-refractivity contribution in [2.24, 2.45) is 0 Å². The SMILES string of the molecule is O=C(NC1COCC1n1nc(-c2ccncc2)ccc1=O)c1cc2ccccn2c1. The van der Waals surface area contributed by atoms with Crippen LogP contribution >= 0.6 is 0 Å². The number of carbonyl (C=O) groups is 1. The van der Waals surface area contributed by atoms with Gasteiger partial charge in [0.1, 0.15) is 6.04 Å². The Kier molecular flexibility index (Phi) is 4.61. The van der Waals surface area contributed by atoms with E-state index in [4.69, 9.17) is 4.74 Å². The van der Waals surface area contributed by atoms with Crippen molar-refractivity contribution in [3.05, 3.63) is 89.2 Å². The second kappa shape index (κ2) is 7.57. The second-order valence-corrected chi connectivity index (χ2v) is 7.18. The molecule has 4 aromatic heterocycles. The molecule has 8 nitrogen and oxygen atoms in total. The van der Waals surface area contributed by atoms with Crippen LogP contribution in [0.4, 0.5) is 0 Å². The molecule has 5 heterocycles. The van der Waals surface area contributed by atoms with Gasteiger partial charge in [-0.05, 0) is 36.4 Å². The molecule has 0 saturated carbocycles. The molecule has 150 valence electrons. The number of nitrogens with zero attached hydrogens (tertiary/aromatic N) is 4. The van der Waals surface area contributed by atoms with E-state index in [9.17, 15) is 9.59 Å². The Balaban J connectivity index is 1.41. The fraction of sp³-hybridized carbons (Fsp3) is 0.182. The maximum absolute atomic E-state index is 12.8. The Bertz CT molecular complexity index is 1230. The van der Waals surface area contributed by atoms with E-state index in [0.717, 1.165) is 11.1 Å².